The van der Waals surface area contributed by atoms with Crippen LogP contribution in [0.5, 0.6) is 0 Å². The highest BCUT2D eigenvalue weighted by molar-refractivity contribution is 6.29. The molecule has 3 amide bonds. The topological polar surface area (TPSA) is 138 Å². The van der Waals surface area contributed by atoms with Crippen molar-refractivity contribution < 1.29 is 14.3 Å². The molecule has 1 fully saturated rings. The second-order valence-corrected chi connectivity index (χ2v) is 11.2. The van der Waals surface area contributed by atoms with Gasteiger partial charge in [-0.3, -0.25) is 5.32 Å². The molecule has 0 aliphatic carbocycles. The van der Waals surface area contributed by atoms with Gasteiger partial charge in [-0.05, 0) is 70.0 Å². The van der Waals surface area contributed by atoms with Crippen molar-refractivity contribution in [2.45, 2.75) is 45.8 Å². The van der Waals surface area contributed by atoms with E-state index in [1.165, 1.54) is 0 Å². The first-order valence-corrected chi connectivity index (χ1v) is 13.5. The van der Waals surface area contributed by atoms with Crippen LogP contribution < -0.4 is 10.6 Å². The molecule has 0 saturated carbocycles. The molecule has 1 saturated heterocycles. The molecule has 1 atom stereocenters. The third-order valence-corrected chi connectivity index (χ3v) is 6.57. The number of pyridine rings is 1. The maximum absolute atomic E-state index is 12.9. The third kappa shape index (κ3) is 6.39. The van der Waals surface area contributed by atoms with Crippen LogP contribution in [0, 0.1) is 18.3 Å². The number of aromatic nitrogens is 4. The number of hydrogen-bond acceptors (Lipinski definition) is 7. The number of rotatable bonds is 4. The van der Waals surface area contributed by atoms with Gasteiger partial charge >= 0.3 is 12.1 Å². The van der Waals surface area contributed by atoms with Crippen LogP contribution in [0.4, 0.5) is 15.4 Å². The number of urea groups is 1. The van der Waals surface area contributed by atoms with E-state index in [1.54, 1.807) is 45.9 Å². The number of anilines is 1. The summed E-state index contributed by atoms with van der Waals surface area (Å²) in [6.45, 7) is 8.14. The van der Waals surface area contributed by atoms with Crippen molar-refractivity contribution in [3.8, 4) is 28.5 Å². The summed E-state index contributed by atoms with van der Waals surface area (Å²) in [5.41, 5.74) is 3.88. The van der Waals surface area contributed by atoms with E-state index < -0.39 is 17.7 Å². The number of likely N-dealkylation sites (tertiary alicyclic amines) is 1. The molecule has 1 aromatic carbocycles. The minimum absolute atomic E-state index is 0.224. The van der Waals surface area contributed by atoms with Crippen molar-refractivity contribution in [1.29, 1.82) is 5.26 Å². The molecular weight excluding hydrogens is 544 g/mol. The molecule has 5 rings (SSSR count). The number of fused-ring (bicyclic) bond motifs is 1. The van der Waals surface area contributed by atoms with Gasteiger partial charge in [-0.1, -0.05) is 23.7 Å². The first-order chi connectivity index (χ1) is 19.5. The van der Waals surface area contributed by atoms with Gasteiger partial charge in [-0.25, -0.2) is 24.1 Å². The minimum atomic E-state index is -0.588. The van der Waals surface area contributed by atoms with Gasteiger partial charge in [0.1, 0.15) is 22.3 Å². The number of carbonyl (C=O) groups excluding carboxylic acids is 2. The number of halogens is 1. The summed E-state index contributed by atoms with van der Waals surface area (Å²) in [5.74, 6) is 0.312. The van der Waals surface area contributed by atoms with Crippen molar-refractivity contribution >= 4 is 35.2 Å². The number of nitrogens with one attached hydrogen (secondary N) is 2. The molecule has 0 spiro atoms. The summed E-state index contributed by atoms with van der Waals surface area (Å²) in [4.78, 5) is 35.8. The number of aryl methyl sites for hydroxylation is 1. The maximum atomic E-state index is 12.9. The van der Waals surface area contributed by atoms with Gasteiger partial charge in [-0.2, -0.15) is 10.4 Å². The van der Waals surface area contributed by atoms with Crippen LogP contribution in [-0.2, 0) is 4.74 Å². The first-order valence-electron chi connectivity index (χ1n) is 13.1. The van der Waals surface area contributed by atoms with Gasteiger partial charge in [0.15, 0.2) is 5.65 Å². The molecule has 2 N–H and O–H groups in total. The number of carbonyl (C=O) groups is 2. The van der Waals surface area contributed by atoms with Crippen LogP contribution in [0.25, 0.3) is 28.0 Å². The number of nitriles is 1. The Morgan fingerprint density at radius 3 is 2.68 bits per heavy atom. The predicted octanol–water partition coefficient (Wildman–Crippen LogP) is 5.42. The smallest absolute Gasteiger partial charge is 0.410 e. The first kappa shape index (κ1) is 27.9. The molecule has 4 heterocycles. The van der Waals surface area contributed by atoms with Crippen LogP contribution in [0.3, 0.4) is 0 Å². The summed E-state index contributed by atoms with van der Waals surface area (Å²) in [5, 5.41) is 20.2. The highest BCUT2D eigenvalue weighted by Gasteiger charge is 2.30. The van der Waals surface area contributed by atoms with Gasteiger partial charge in [-0.15, -0.1) is 0 Å². The van der Waals surface area contributed by atoms with E-state index in [2.05, 4.69) is 21.7 Å². The molecule has 11 nitrogen and oxygen atoms in total. The standard InChI is InChI=1S/C29H29ClN8O3/c1-17-12-20(14-22(30)32-17)24-25(19-7-5-6-18(13-19)15-31)36-38-11-9-23(34-26(24)38)35-27(39)33-21-8-10-37(16-21)28(40)41-29(2,3)4/h5-7,9,11-14,21H,8,10,16H2,1-4H3,(H2,33,34,35,39). The zero-order valence-corrected chi connectivity index (χ0v) is 23.9. The fourth-order valence-corrected chi connectivity index (χ4v) is 4.93. The lowest BCUT2D eigenvalue weighted by Crippen LogP contribution is -2.41. The van der Waals surface area contributed by atoms with E-state index >= 15 is 0 Å². The van der Waals surface area contributed by atoms with Crippen LogP contribution in [0.2, 0.25) is 5.15 Å². The summed E-state index contributed by atoms with van der Waals surface area (Å²) in [7, 11) is 0. The van der Waals surface area contributed by atoms with E-state index in [4.69, 9.17) is 26.4 Å². The molecular formula is C29H29ClN8O3. The second kappa shape index (κ2) is 11.1. The zero-order chi connectivity index (χ0) is 29.3. The number of benzene rings is 1. The lowest BCUT2D eigenvalue weighted by molar-refractivity contribution is 0.0291. The average molecular weight is 573 g/mol. The number of ether oxygens (including phenoxy) is 1. The molecule has 12 heteroatoms. The summed E-state index contributed by atoms with van der Waals surface area (Å²) < 4.78 is 7.05. The normalized spacial score (nSPS) is 15.0. The van der Waals surface area contributed by atoms with Crippen molar-refractivity contribution in [2.24, 2.45) is 0 Å². The average Bonchev–Trinajstić information content (AvgIpc) is 3.52. The highest BCUT2D eigenvalue weighted by Crippen LogP contribution is 2.36. The van der Waals surface area contributed by atoms with Gasteiger partial charge in [0.05, 0.1) is 17.2 Å². The Labute approximate surface area is 242 Å². The van der Waals surface area contributed by atoms with E-state index in [1.807, 2.05) is 39.8 Å². The molecule has 3 aromatic heterocycles. The summed E-state index contributed by atoms with van der Waals surface area (Å²) in [6.07, 6.45) is 1.92. The van der Waals surface area contributed by atoms with Gasteiger partial charge < -0.3 is 15.0 Å². The molecule has 0 radical (unpaired) electrons. The largest absolute Gasteiger partial charge is 0.444 e. The number of amides is 3. The van der Waals surface area contributed by atoms with Crippen molar-refractivity contribution in [3.05, 3.63) is 65.1 Å². The Balaban J connectivity index is 1.42. The molecule has 1 unspecified atom stereocenters. The van der Waals surface area contributed by atoms with E-state index in [0.717, 1.165) is 11.1 Å². The van der Waals surface area contributed by atoms with Gasteiger partial charge in [0.2, 0.25) is 0 Å². The molecule has 1 aliphatic heterocycles. The Hall–Kier alpha value is -4.69. The van der Waals surface area contributed by atoms with Crippen LogP contribution in [0.1, 0.15) is 38.4 Å². The summed E-state index contributed by atoms with van der Waals surface area (Å²) >= 11 is 6.31. The van der Waals surface area contributed by atoms with Crippen molar-refractivity contribution in [2.75, 3.05) is 18.4 Å². The SMILES string of the molecule is Cc1cc(-c2c(-c3cccc(C#N)c3)nn3ccc(NC(=O)NC4CCN(C(=O)OC(C)(C)C)C4)nc23)cc(Cl)n1. The van der Waals surface area contributed by atoms with Gasteiger partial charge in [0, 0.05) is 36.6 Å². The van der Waals surface area contributed by atoms with E-state index in [0.29, 0.717) is 58.6 Å². The zero-order valence-electron chi connectivity index (χ0n) is 23.1. The third-order valence-electron chi connectivity index (χ3n) is 6.38. The van der Waals surface area contributed by atoms with E-state index in [-0.39, 0.29) is 6.04 Å². The molecule has 1 aliphatic rings. The monoisotopic (exact) mass is 572 g/mol. The Kier molecular flexibility index (Phi) is 7.51. The molecule has 4 aromatic rings. The lowest BCUT2D eigenvalue weighted by Gasteiger charge is -2.24. The molecule has 0 bridgehead atoms. The fraction of sp³-hybridized carbons (Fsp3) is 0.310. The highest BCUT2D eigenvalue weighted by atomic mass is 35.5. The number of nitrogens with zero attached hydrogens (tertiary/aromatic N) is 6. The van der Waals surface area contributed by atoms with Crippen LogP contribution >= 0.6 is 11.6 Å². The van der Waals surface area contributed by atoms with Crippen LogP contribution in [-0.4, -0.2) is 61.3 Å². The Morgan fingerprint density at radius 1 is 1.15 bits per heavy atom. The maximum Gasteiger partial charge on any atom is 0.410 e. The summed E-state index contributed by atoms with van der Waals surface area (Å²) in [6, 6.07) is 13.9. The minimum Gasteiger partial charge on any atom is -0.444 e. The number of hydrogen-bond donors (Lipinski definition) is 2. The Bertz CT molecular complexity index is 1670. The molecule has 210 valence electrons. The van der Waals surface area contributed by atoms with Gasteiger partial charge in [0.25, 0.3) is 0 Å². The predicted molar refractivity (Wildman–Crippen MR) is 154 cm³/mol. The quantitative estimate of drug-likeness (QED) is 0.311. The molecule has 41 heavy (non-hydrogen) atoms. The second-order valence-electron chi connectivity index (χ2n) is 10.8. The van der Waals surface area contributed by atoms with Crippen molar-refractivity contribution in [1.82, 2.24) is 29.8 Å². The fourth-order valence-electron chi connectivity index (χ4n) is 4.68. The van der Waals surface area contributed by atoms with E-state index in [9.17, 15) is 14.9 Å². The van der Waals surface area contributed by atoms with Crippen LogP contribution in [0.15, 0.2) is 48.7 Å². The Morgan fingerprint density at radius 2 is 1.95 bits per heavy atom. The van der Waals surface area contributed by atoms with Crippen molar-refractivity contribution in [3.63, 3.8) is 0 Å². The lowest BCUT2D eigenvalue weighted by atomic mass is 10.00.